The maximum Gasteiger partial charge on any atom is 0.271 e. The summed E-state index contributed by atoms with van der Waals surface area (Å²) >= 11 is 3.51. The molecule has 21 heavy (non-hydrogen) atoms. The Balaban J connectivity index is 1.79. The fourth-order valence-corrected chi connectivity index (χ4v) is 2.36. The molecule has 0 saturated carbocycles. The lowest BCUT2D eigenvalue weighted by Gasteiger charge is -2.05. The molecular formula is C14H20BrN5O. The van der Waals surface area contributed by atoms with Crippen molar-refractivity contribution in [1.82, 2.24) is 24.9 Å². The van der Waals surface area contributed by atoms with Gasteiger partial charge in [0.2, 0.25) is 0 Å². The van der Waals surface area contributed by atoms with Gasteiger partial charge in [0.25, 0.3) is 5.91 Å². The zero-order valence-corrected chi connectivity index (χ0v) is 14.1. The van der Waals surface area contributed by atoms with Crippen molar-refractivity contribution in [2.75, 3.05) is 6.54 Å². The molecule has 2 rings (SSSR count). The van der Waals surface area contributed by atoms with E-state index in [-0.39, 0.29) is 5.91 Å². The van der Waals surface area contributed by atoms with Crippen molar-refractivity contribution >= 4 is 21.8 Å². The third-order valence-electron chi connectivity index (χ3n) is 3.32. The molecule has 0 bridgehead atoms. The van der Waals surface area contributed by atoms with Crippen molar-refractivity contribution in [2.45, 2.75) is 40.3 Å². The zero-order chi connectivity index (χ0) is 15.4. The Kier molecular flexibility index (Phi) is 5.17. The predicted octanol–water partition coefficient (Wildman–Crippen LogP) is 2.30. The number of rotatable bonds is 6. The van der Waals surface area contributed by atoms with Crippen LogP contribution in [0, 0.1) is 13.8 Å². The first-order valence-corrected chi connectivity index (χ1v) is 7.83. The molecule has 0 aliphatic rings. The summed E-state index contributed by atoms with van der Waals surface area (Å²) in [6.07, 6.45) is 2.64. The molecule has 0 aliphatic carbocycles. The second-order valence-corrected chi connectivity index (χ2v) is 5.67. The predicted molar refractivity (Wildman–Crippen MR) is 84.3 cm³/mol. The van der Waals surface area contributed by atoms with Crippen molar-refractivity contribution in [3.63, 3.8) is 0 Å². The number of aryl methyl sites for hydroxylation is 3. The Labute approximate surface area is 132 Å². The molecule has 0 saturated heterocycles. The maximum absolute atomic E-state index is 11.9. The average molecular weight is 354 g/mol. The molecule has 7 heteroatoms. The number of carbonyl (C=O) groups is 1. The lowest BCUT2D eigenvalue weighted by molar-refractivity contribution is 0.0947. The molecular weight excluding hydrogens is 334 g/mol. The van der Waals surface area contributed by atoms with Crippen LogP contribution in [0.3, 0.4) is 0 Å². The van der Waals surface area contributed by atoms with Crippen molar-refractivity contribution in [1.29, 1.82) is 0 Å². The maximum atomic E-state index is 11.9. The van der Waals surface area contributed by atoms with Crippen molar-refractivity contribution in [3.8, 4) is 0 Å². The summed E-state index contributed by atoms with van der Waals surface area (Å²) in [4.78, 5) is 11.9. The van der Waals surface area contributed by atoms with E-state index in [9.17, 15) is 4.79 Å². The van der Waals surface area contributed by atoms with E-state index >= 15 is 0 Å². The Morgan fingerprint density at radius 3 is 2.71 bits per heavy atom. The van der Waals surface area contributed by atoms with E-state index in [1.807, 2.05) is 31.6 Å². The molecule has 0 fully saturated rings. The Bertz CT molecular complexity index is 631. The van der Waals surface area contributed by atoms with Crippen molar-refractivity contribution in [2.24, 2.45) is 0 Å². The van der Waals surface area contributed by atoms with Gasteiger partial charge in [-0.25, -0.2) is 0 Å². The fourth-order valence-electron chi connectivity index (χ4n) is 2.07. The van der Waals surface area contributed by atoms with Crippen LogP contribution in [0.2, 0.25) is 0 Å². The monoisotopic (exact) mass is 353 g/mol. The highest BCUT2D eigenvalue weighted by Gasteiger charge is 2.10. The number of nitrogens with one attached hydrogen (secondary N) is 1. The molecule has 1 amide bonds. The highest BCUT2D eigenvalue weighted by molar-refractivity contribution is 9.10. The van der Waals surface area contributed by atoms with Gasteiger partial charge in [-0.2, -0.15) is 10.2 Å². The van der Waals surface area contributed by atoms with Crippen LogP contribution in [0.25, 0.3) is 0 Å². The molecule has 0 aromatic carbocycles. The number of hydrogen-bond acceptors (Lipinski definition) is 3. The summed E-state index contributed by atoms with van der Waals surface area (Å²) in [7, 11) is 0. The van der Waals surface area contributed by atoms with E-state index < -0.39 is 0 Å². The second-order valence-electron chi connectivity index (χ2n) is 4.87. The summed E-state index contributed by atoms with van der Waals surface area (Å²) < 4.78 is 4.75. The van der Waals surface area contributed by atoms with Gasteiger partial charge in [-0.3, -0.25) is 14.2 Å². The summed E-state index contributed by atoms with van der Waals surface area (Å²) in [6, 6.07) is 1.73. The van der Waals surface area contributed by atoms with E-state index in [1.54, 1.807) is 10.7 Å². The molecule has 1 N–H and O–H groups in total. The zero-order valence-electron chi connectivity index (χ0n) is 12.6. The summed E-state index contributed by atoms with van der Waals surface area (Å²) in [5, 5.41) is 11.5. The molecule has 0 atom stereocenters. The van der Waals surface area contributed by atoms with Gasteiger partial charge >= 0.3 is 0 Å². The van der Waals surface area contributed by atoms with E-state index in [0.29, 0.717) is 12.2 Å². The molecule has 2 aromatic heterocycles. The molecule has 2 aromatic rings. The number of nitrogens with zero attached hydrogens (tertiary/aromatic N) is 4. The van der Waals surface area contributed by atoms with Crippen LogP contribution in [-0.4, -0.2) is 32.0 Å². The third kappa shape index (κ3) is 3.72. The number of amides is 1. The quantitative estimate of drug-likeness (QED) is 0.810. The normalized spacial score (nSPS) is 10.9. The molecule has 0 unspecified atom stereocenters. The highest BCUT2D eigenvalue weighted by atomic mass is 79.9. The van der Waals surface area contributed by atoms with Gasteiger partial charge in [0.1, 0.15) is 5.69 Å². The lowest BCUT2D eigenvalue weighted by Crippen LogP contribution is -2.26. The average Bonchev–Trinajstić information content (AvgIpc) is 3.05. The van der Waals surface area contributed by atoms with E-state index in [2.05, 4.69) is 31.4 Å². The SMILES string of the molecule is CCn1ccc(C(=O)NCCCn2nc(C)c(Br)c2C)n1. The largest absolute Gasteiger partial charge is 0.351 e. The number of halogens is 1. The first-order valence-electron chi connectivity index (χ1n) is 7.04. The van der Waals surface area contributed by atoms with Crippen LogP contribution in [0.4, 0.5) is 0 Å². The Hall–Kier alpha value is -1.63. The van der Waals surface area contributed by atoms with Gasteiger partial charge in [0.05, 0.1) is 10.2 Å². The summed E-state index contributed by atoms with van der Waals surface area (Å²) in [6.45, 7) is 8.14. The van der Waals surface area contributed by atoms with Gasteiger partial charge in [-0.15, -0.1) is 0 Å². The standard InChI is InChI=1S/C14H20BrN5O/c1-4-19-9-6-12(18-19)14(21)16-7-5-8-20-11(3)13(15)10(2)17-20/h6,9H,4-5,7-8H2,1-3H3,(H,16,21). The van der Waals surface area contributed by atoms with Crippen molar-refractivity contribution < 1.29 is 4.79 Å². The number of aromatic nitrogens is 4. The topological polar surface area (TPSA) is 64.7 Å². The van der Waals surface area contributed by atoms with Crippen LogP contribution in [-0.2, 0) is 13.1 Å². The number of carbonyl (C=O) groups excluding carboxylic acids is 1. The van der Waals surface area contributed by atoms with E-state index in [0.717, 1.165) is 35.4 Å². The number of hydrogen-bond donors (Lipinski definition) is 1. The van der Waals surface area contributed by atoms with Crippen molar-refractivity contribution in [3.05, 3.63) is 33.8 Å². The molecule has 2 heterocycles. The summed E-state index contributed by atoms with van der Waals surface area (Å²) in [5.74, 6) is -0.128. The van der Waals surface area contributed by atoms with Crippen LogP contribution in [0.5, 0.6) is 0 Å². The van der Waals surface area contributed by atoms with E-state index in [1.165, 1.54) is 0 Å². The van der Waals surface area contributed by atoms with Crippen LogP contribution < -0.4 is 5.32 Å². The highest BCUT2D eigenvalue weighted by Crippen LogP contribution is 2.19. The fraction of sp³-hybridized carbons (Fsp3) is 0.500. The molecule has 0 radical (unpaired) electrons. The first kappa shape index (κ1) is 15.8. The van der Waals surface area contributed by atoms with Crippen LogP contribution in [0.1, 0.15) is 35.2 Å². The van der Waals surface area contributed by atoms with Crippen LogP contribution >= 0.6 is 15.9 Å². The van der Waals surface area contributed by atoms with Gasteiger partial charge in [-0.05, 0) is 49.2 Å². The van der Waals surface area contributed by atoms with Gasteiger partial charge < -0.3 is 5.32 Å². The van der Waals surface area contributed by atoms with Gasteiger partial charge in [0, 0.05) is 31.5 Å². The van der Waals surface area contributed by atoms with Crippen LogP contribution in [0.15, 0.2) is 16.7 Å². The van der Waals surface area contributed by atoms with Gasteiger partial charge in [0.15, 0.2) is 0 Å². The third-order valence-corrected chi connectivity index (χ3v) is 4.47. The minimum absolute atomic E-state index is 0.128. The molecule has 6 nitrogen and oxygen atoms in total. The Morgan fingerprint density at radius 1 is 1.38 bits per heavy atom. The Morgan fingerprint density at radius 2 is 2.14 bits per heavy atom. The first-order chi connectivity index (χ1) is 10.0. The summed E-state index contributed by atoms with van der Waals surface area (Å²) in [5.41, 5.74) is 2.56. The second kappa shape index (κ2) is 6.89. The minimum Gasteiger partial charge on any atom is -0.351 e. The minimum atomic E-state index is -0.128. The van der Waals surface area contributed by atoms with E-state index in [4.69, 9.17) is 0 Å². The van der Waals surface area contributed by atoms with Gasteiger partial charge in [-0.1, -0.05) is 0 Å². The molecule has 0 aliphatic heterocycles. The smallest absolute Gasteiger partial charge is 0.271 e. The lowest BCUT2D eigenvalue weighted by atomic mass is 10.3. The molecule has 114 valence electrons. The molecule has 0 spiro atoms.